The van der Waals surface area contributed by atoms with Crippen LogP contribution in [0, 0.1) is 11.6 Å². The van der Waals surface area contributed by atoms with Gasteiger partial charge in [-0.1, -0.05) is 20.8 Å². The van der Waals surface area contributed by atoms with Crippen molar-refractivity contribution in [2.75, 3.05) is 0 Å². The Morgan fingerprint density at radius 3 is 2.42 bits per heavy atom. The van der Waals surface area contributed by atoms with E-state index >= 15 is 0 Å². The molecule has 0 atom stereocenters. The summed E-state index contributed by atoms with van der Waals surface area (Å²) in [5.41, 5.74) is -0.638. The van der Waals surface area contributed by atoms with Crippen LogP contribution >= 0.6 is 15.9 Å². The van der Waals surface area contributed by atoms with Crippen molar-refractivity contribution in [3.8, 4) is 0 Å². The monoisotopic (exact) mass is 332 g/mol. The van der Waals surface area contributed by atoms with E-state index in [0.29, 0.717) is 5.56 Å². The SMILES string of the molecule is CC(C)(C)c1c(C(=O)O)oc2c(F)c(F)cc(Br)c12. The Kier molecular flexibility index (Phi) is 3.16. The number of carboxylic acids is 1. The smallest absolute Gasteiger partial charge is 0.372 e. The van der Waals surface area contributed by atoms with Crippen molar-refractivity contribution in [2.24, 2.45) is 0 Å². The summed E-state index contributed by atoms with van der Waals surface area (Å²) < 4.78 is 32.4. The van der Waals surface area contributed by atoms with Crippen LogP contribution in [0.25, 0.3) is 11.0 Å². The highest BCUT2D eigenvalue weighted by molar-refractivity contribution is 9.10. The molecule has 0 aliphatic carbocycles. The summed E-state index contributed by atoms with van der Waals surface area (Å²) in [5, 5.41) is 9.41. The van der Waals surface area contributed by atoms with Gasteiger partial charge in [0.1, 0.15) is 0 Å². The molecule has 0 amide bonds. The van der Waals surface area contributed by atoms with Crippen LogP contribution in [0.2, 0.25) is 0 Å². The number of hydrogen-bond acceptors (Lipinski definition) is 2. The van der Waals surface area contributed by atoms with Gasteiger partial charge in [-0.05, 0) is 27.4 Å². The normalized spacial score (nSPS) is 12.1. The summed E-state index contributed by atoms with van der Waals surface area (Å²) >= 11 is 3.13. The van der Waals surface area contributed by atoms with Crippen molar-refractivity contribution in [2.45, 2.75) is 26.2 Å². The van der Waals surface area contributed by atoms with E-state index in [4.69, 9.17) is 9.52 Å². The lowest BCUT2D eigenvalue weighted by Gasteiger charge is -2.18. The van der Waals surface area contributed by atoms with Gasteiger partial charge in [-0.15, -0.1) is 0 Å². The fourth-order valence-electron chi connectivity index (χ4n) is 2.04. The van der Waals surface area contributed by atoms with Gasteiger partial charge in [-0.25, -0.2) is 9.18 Å². The van der Waals surface area contributed by atoms with Gasteiger partial charge < -0.3 is 9.52 Å². The third-order valence-corrected chi connectivity index (χ3v) is 3.38. The average molecular weight is 333 g/mol. The van der Waals surface area contributed by atoms with E-state index in [0.717, 1.165) is 6.07 Å². The van der Waals surface area contributed by atoms with E-state index in [1.807, 2.05) is 0 Å². The van der Waals surface area contributed by atoms with Crippen molar-refractivity contribution >= 4 is 32.9 Å². The summed E-state index contributed by atoms with van der Waals surface area (Å²) in [7, 11) is 0. The molecule has 1 aromatic carbocycles. The Bertz CT molecular complexity index is 683. The van der Waals surface area contributed by atoms with Crippen LogP contribution in [-0.4, -0.2) is 11.1 Å². The molecule has 0 saturated carbocycles. The molecule has 2 rings (SSSR count). The van der Waals surface area contributed by atoms with Crippen molar-refractivity contribution in [1.29, 1.82) is 0 Å². The van der Waals surface area contributed by atoms with Gasteiger partial charge >= 0.3 is 5.97 Å². The molecule has 1 heterocycles. The van der Waals surface area contributed by atoms with Crippen molar-refractivity contribution in [1.82, 2.24) is 0 Å². The maximum atomic E-state index is 13.7. The lowest BCUT2D eigenvalue weighted by Crippen LogP contribution is -2.15. The predicted molar refractivity (Wildman–Crippen MR) is 69.5 cm³/mol. The molecular formula is C13H11BrF2O3. The minimum absolute atomic E-state index is 0.254. The van der Waals surface area contributed by atoms with Gasteiger partial charge in [-0.3, -0.25) is 0 Å². The van der Waals surface area contributed by atoms with E-state index in [1.165, 1.54) is 0 Å². The molecule has 0 fully saturated rings. The first-order valence-corrected chi connectivity index (χ1v) is 6.27. The maximum Gasteiger partial charge on any atom is 0.372 e. The molecule has 1 aromatic heterocycles. The van der Waals surface area contributed by atoms with E-state index in [2.05, 4.69) is 15.9 Å². The molecule has 3 nitrogen and oxygen atoms in total. The van der Waals surface area contributed by atoms with Gasteiger partial charge in [0, 0.05) is 15.4 Å². The molecule has 0 aliphatic rings. The van der Waals surface area contributed by atoms with Crippen LogP contribution < -0.4 is 0 Å². The molecule has 2 aromatic rings. The molecule has 0 aliphatic heterocycles. The van der Waals surface area contributed by atoms with Crippen LogP contribution in [0.15, 0.2) is 15.0 Å². The first kappa shape index (κ1) is 14.0. The quantitative estimate of drug-likeness (QED) is 0.784. The number of fused-ring (bicyclic) bond motifs is 1. The third-order valence-electron chi connectivity index (χ3n) is 2.75. The Labute approximate surface area is 116 Å². The summed E-state index contributed by atoms with van der Waals surface area (Å²) in [5.74, 6) is -3.96. The molecule has 0 spiro atoms. The van der Waals surface area contributed by atoms with Gasteiger partial charge in [0.25, 0.3) is 0 Å². The van der Waals surface area contributed by atoms with Crippen LogP contribution in [0.5, 0.6) is 0 Å². The van der Waals surface area contributed by atoms with Crippen LogP contribution in [0.4, 0.5) is 8.78 Å². The molecule has 102 valence electrons. The van der Waals surface area contributed by atoms with E-state index in [1.54, 1.807) is 20.8 Å². The predicted octanol–water partition coefficient (Wildman–Crippen LogP) is 4.47. The van der Waals surface area contributed by atoms with Gasteiger partial charge in [0.2, 0.25) is 11.6 Å². The third kappa shape index (κ3) is 2.14. The molecule has 0 bridgehead atoms. The Balaban J connectivity index is 3.03. The summed E-state index contributed by atoms with van der Waals surface area (Å²) in [6.45, 7) is 5.33. The number of furan rings is 1. The standard InChI is InChI=1S/C13H11BrF2O3/c1-13(2,3)8-7-5(14)4-6(15)9(16)10(7)19-11(8)12(17)18/h4H,1-3H3,(H,17,18). The Morgan fingerprint density at radius 2 is 1.95 bits per heavy atom. The van der Waals surface area contributed by atoms with Crippen LogP contribution in [-0.2, 0) is 5.41 Å². The van der Waals surface area contributed by atoms with Crippen LogP contribution in [0.3, 0.4) is 0 Å². The van der Waals surface area contributed by atoms with Crippen molar-refractivity contribution < 1.29 is 23.1 Å². The highest BCUT2D eigenvalue weighted by Crippen LogP contribution is 2.41. The Morgan fingerprint density at radius 1 is 1.37 bits per heavy atom. The zero-order chi connectivity index (χ0) is 14.5. The number of halogens is 3. The molecule has 0 unspecified atom stereocenters. The van der Waals surface area contributed by atoms with Gasteiger partial charge in [0.15, 0.2) is 11.4 Å². The minimum atomic E-state index is -1.31. The fourth-order valence-corrected chi connectivity index (χ4v) is 2.61. The van der Waals surface area contributed by atoms with E-state index in [-0.39, 0.29) is 21.2 Å². The number of rotatable bonds is 1. The van der Waals surface area contributed by atoms with Crippen molar-refractivity contribution in [3.63, 3.8) is 0 Å². The van der Waals surface area contributed by atoms with Gasteiger partial charge in [0.05, 0.1) is 0 Å². The number of carboxylic acid groups (broad SMARTS) is 1. The Hall–Kier alpha value is -1.43. The second kappa shape index (κ2) is 4.30. The summed E-state index contributed by atoms with van der Waals surface area (Å²) in [6, 6.07) is 0.966. The highest BCUT2D eigenvalue weighted by Gasteiger charge is 2.32. The second-order valence-electron chi connectivity index (χ2n) is 5.22. The lowest BCUT2D eigenvalue weighted by molar-refractivity contribution is 0.0661. The second-order valence-corrected chi connectivity index (χ2v) is 6.07. The number of benzene rings is 1. The topological polar surface area (TPSA) is 50.4 Å². The first-order chi connectivity index (χ1) is 8.64. The molecule has 0 radical (unpaired) electrons. The average Bonchev–Trinajstić information content (AvgIpc) is 2.66. The van der Waals surface area contributed by atoms with E-state index < -0.39 is 23.0 Å². The number of aromatic carboxylic acids is 1. The first-order valence-electron chi connectivity index (χ1n) is 5.48. The minimum Gasteiger partial charge on any atom is -0.475 e. The zero-order valence-electron chi connectivity index (χ0n) is 10.5. The molecule has 1 N–H and O–H groups in total. The molecule has 19 heavy (non-hydrogen) atoms. The summed E-state index contributed by atoms with van der Waals surface area (Å²) in [6.07, 6.45) is 0. The van der Waals surface area contributed by atoms with Gasteiger partial charge in [-0.2, -0.15) is 4.39 Å². The molecular weight excluding hydrogens is 322 g/mol. The maximum absolute atomic E-state index is 13.7. The largest absolute Gasteiger partial charge is 0.475 e. The molecule has 0 saturated heterocycles. The summed E-state index contributed by atoms with van der Waals surface area (Å²) in [4.78, 5) is 11.2. The van der Waals surface area contributed by atoms with Crippen LogP contribution in [0.1, 0.15) is 36.9 Å². The number of carbonyl (C=O) groups is 1. The number of hydrogen-bond donors (Lipinski definition) is 1. The van der Waals surface area contributed by atoms with E-state index in [9.17, 15) is 13.6 Å². The highest BCUT2D eigenvalue weighted by atomic mass is 79.9. The van der Waals surface area contributed by atoms with Crippen molar-refractivity contribution in [3.05, 3.63) is 33.5 Å². The lowest BCUT2D eigenvalue weighted by atomic mass is 9.84. The zero-order valence-corrected chi connectivity index (χ0v) is 12.1. The molecule has 6 heteroatoms. The fraction of sp³-hybridized carbons (Fsp3) is 0.308.